The summed E-state index contributed by atoms with van der Waals surface area (Å²) in [6, 6.07) is 12.7. The van der Waals surface area contributed by atoms with Crippen LogP contribution in [0.1, 0.15) is 24.0 Å². The molecule has 1 aliphatic heterocycles. The van der Waals surface area contributed by atoms with Crippen LogP contribution >= 0.6 is 0 Å². The molecular weight excluding hydrogens is 545 g/mol. The molecule has 0 saturated carbocycles. The number of anilines is 2. The molecular formula is C27H27F3N6O3S. The number of carbonyl (C=O) groups excluding carboxylic acids is 1. The Morgan fingerprint density at radius 1 is 1.10 bits per heavy atom. The molecule has 0 spiro atoms. The van der Waals surface area contributed by atoms with E-state index in [0.717, 1.165) is 28.1 Å². The average Bonchev–Trinajstić information content (AvgIpc) is 3.38. The lowest BCUT2D eigenvalue weighted by atomic mass is 10.1. The van der Waals surface area contributed by atoms with Crippen LogP contribution in [0.2, 0.25) is 0 Å². The molecule has 0 aliphatic carbocycles. The van der Waals surface area contributed by atoms with E-state index in [1.165, 1.54) is 24.7 Å². The maximum atomic E-state index is 13.2. The normalized spacial score (nSPS) is 16.2. The highest BCUT2D eigenvalue weighted by Gasteiger charge is 2.30. The van der Waals surface area contributed by atoms with E-state index in [-0.39, 0.29) is 34.7 Å². The van der Waals surface area contributed by atoms with E-state index in [1.54, 1.807) is 35.2 Å². The van der Waals surface area contributed by atoms with Crippen molar-refractivity contribution in [2.24, 2.45) is 0 Å². The number of alkyl halides is 3. The largest absolute Gasteiger partial charge is 0.416 e. The second-order valence-electron chi connectivity index (χ2n) is 9.64. The van der Waals surface area contributed by atoms with E-state index < -0.39 is 21.8 Å². The van der Waals surface area contributed by atoms with Crippen molar-refractivity contribution < 1.29 is 26.4 Å². The zero-order valence-electron chi connectivity index (χ0n) is 21.5. The van der Waals surface area contributed by atoms with E-state index in [2.05, 4.69) is 20.6 Å². The number of rotatable bonds is 7. The molecule has 0 unspecified atom stereocenters. The molecule has 4 aromatic rings. The van der Waals surface area contributed by atoms with Crippen LogP contribution in [0.15, 0.2) is 72.0 Å². The molecule has 0 radical (unpaired) electrons. The van der Waals surface area contributed by atoms with E-state index in [4.69, 9.17) is 0 Å². The monoisotopic (exact) mass is 572 g/mol. The van der Waals surface area contributed by atoms with Crippen LogP contribution in [-0.2, 0) is 21.0 Å². The van der Waals surface area contributed by atoms with Crippen LogP contribution in [0, 0.1) is 6.92 Å². The van der Waals surface area contributed by atoms with Crippen LogP contribution in [0.3, 0.4) is 0 Å². The van der Waals surface area contributed by atoms with Crippen molar-refractivity contribution in [1.29, 1.82) is 0 Å². The molecule has 5 rings (SSSR count). The summed E-state index contributed by atoms with van der Waals surface area (Å²) in [5.41, 5.74) is 0.593. The highest BCUT2D eigenvalue weighted by molar-refractivity contribution is 7.90. The van der Waals surface area contributed by atoms with Gasteiger partial charge in [0, 0.05) is 31.0 Å². The number of hydrogen-bond acceptors (Lipinski definition) is 7. The number of benzene rings is 2. The number of hydrogen-bond donors (Lipinski definition) is 2. The van der Waals surface area contributed by atoms with Crippen molar-refractivity contribution >= 4 is 38.5 Å². The van der Waals surface area contributed by atoms with Gasteiger partial charge in [-0.25, -0.2) is 22.4 Å². The van der Waals surface area contributed by atoms with Gasteiger partial charge in [0.25, 0.3) is 10.0 Å². The topological polar surface area (TPSA) is 109 Å². The SMILES string of the molecule is Cc1ccc(S(=O)(=O)n2ccc3c(N[C@H]4CCCN(C(=O)CNc5cccc(C(F)(F)F)c5)C4)ncnc32)cc1. The first-order chi connectivity index (χ1) is 19.0. The number of amides is 1. The third kappa shape index (κ3) is 5.74. The predicted octanol–water partition coefficient (Wildman–Crippen LogP) is 4.51. The van der Waals surface area contributed by atoms with Crippen molar-refractivity contribution in [3.63, 3.8) is 0 Å². The van der Waals surface area contributed by atoms with Gasteiger partial charge in [-0.05, 0) is 56.2 Å². The molecule has 9 nitrogen and oxygen atoms in total. The first kappa shape index (κ1) is 27.4. The third-order valence-corrected chi connectivity index (χ3v) is 8.46. The minimum absolute atomic E-state index is 0.142. The fourth-order valence-corrected chi connectivity index (χ4v) is 5.97. The Kier molecular flexibility index (Phi) is 7.41. The third-order valence-electron chi connectivity index (χ3n) is 6.77. The molecule has 2 aromatic carbocycles. The summed E-state index contributed by atoms with van der Waals surface area (Å²) < 4.78 is 66.5. The Bertz CT molecular complexity index is 1640. The minimum Gasteiger partial charge on any atom is -0.376 e. The number of aryl methyl sites for hydroxylation is 1. The summed E-state index contributed by atoms with van der Waals surface area (Å²) >= 11 is 0. The van der Waals surface area contributed by atoms with Gasteiger partial charge < -0.3 is 15.5 Å². The smallest absolute Gasteiger partial charge is 0.376 e. The molecule has 40 heavy (non-hydrogen) atoms. The number of likely N-dealkylation sites (tertiary alicyclic amines) is 1. The summed E-state index contributed by atoms with van der Waals surface area (Å²) in [4.78, 5) is 23.2. The van der Waals surface area contributed by atoms with Crippen molar-refractivity contribution in [2.45, 2.75) is 36.9 Å². The lowest BCUT2D eigenvalue weighted by molar-refractivity contribution is -0.137. The molecule has 1 aliphatic rings. The van der Waals surface area contributed by atoms with Gasteiger partial charge in [-0.3, -0.25) is 4.79 Å². The highest BCUT2D eigenvalue weighted by atomic mass is 32.2. The second-order valence-corrected chi connectivity index (χ2v) is 11.5. The van der Waals surface area contributed by atoms with Crippen molar-refractivity contribution in [3.8, 4) is 0 Å². The van der Waals surface area contributed by atoms with Crippen molar-refractivity contribution in [2.75, 3.05) is 30.3 Å². The number of fused-ring (bicyclic) bond motifs is 1. The summed E-state index contributed by atoms with van der Waals surface area (Å²) in [5.74, 6) is 0.205. The summed E-state index contributed by atoms with van der Waals surface area (Å²) in [7, 11) is -3.87. The molecule has 3 heterocycles. The van der Waals surface area contributed by atoms with E-state index in [1.807, 2.05) is 6.92 Å². The quantitative estimate of drug-likeness (QED) is 0.335. The van der Waals surface area contributed by atoms with Crippen molar-refractivity contribution in [1.82, 2.24) is 18.8 Å². The molecule has 210 valence electrons. The molecule has 1 amide bonds. The van der Waals surface area contributed by atoms with Crippen LogP contribution in [0.4, 0.5) is 24.7 Å². The summed E-state index contributed by atoms with van der Waals surface area (Å²) in [5, 5.41) is 6.63. The number of aromatic nitrogens is 3. The van der Waals surface area contributed by atoms with E-state index in [0.29, 0.717) is 30.7 Å². The number of nitrogens with one attached hydrogen (secondary N) is 2. The zero-order valence-corrected chi connectivity index (χ0v) is 22.3. The zero-order chi connectivity index (χ0) is 28.5. The molecule has 0 bridgehead atoms. The van der Waals surface area contributed by atoms with Gasteiger partial charge in [0.05, 0.1) is 22.4 Å². The van der Waals surface area contributed by atoms with Crippen LogP contribution in [0.5, 0.6) is 0 Å². The number of halogens is 3. The Morgan fingerprint density at radius 3 is 2.62 bits per heavy atom. The summed E-state index contributed by atoms with van der Waals surface area (Å²) in [6.07, 6.45) is -0.277. The van der Waals surface area contributed by atoms with Crippen LogP contribution in [0.25, 0.3) is 11.0 Å². The standard InChI is InChI=1S/C27H27F3N6O3S/c1-18-7-9-22(10-8-18)40(38,39)36-13-11-23-25(32-17-33-26(23)36)34-21-6-3-12-35(16-21)24(37)15-31-20-5-2-4-19(14-20)27(28,29)30/h2,4-5,7-11,13-14,17,21,31H,3,6,12,15-16H2,1H3,(H,32,33,34)/t21-/m0/s1. The molecule has 2 aromatic heterocycles. The molecule has 2 N–H and O–H groups in total. The fraction of sp³-hybridized carbons (Fsp3) is 0.296. The predicted molar refractivity (Wildman–Crippen MR) is 144 cm³/mol. The number of piperidine rings is 1. The Hall–Kier alpha value is -4.13. The van der Waals surface area contributed by atoms with Gasteiger partial charge in [0.1, 0.15) is 12.1 Å². The highest BCUT2D eigenvalue weighted by Crippen LogP contribution is 2.31. The lowest BCUT2D eigenvalue weighted by Crippen LogP contribution is -2.47. The number of carbonyl (C=O) groups is 1. The van der Waals surface area contributed by atoms with Gasteiger partial charge in [-0.15, -0.1) is 0 Å². The van der Waals surface area contributed by atoms with Gasteiger partial charge >= 0.3 is 6.18 Å². The summed E-state index contributed by atoms with van der Waals surface area (Å²) in [6.45, 7) is 2.60. The Morgan fingerprint density at radius 2 is 1.88 bits per heavy atom. The number of nitrogens with zero attached hydrogens (tertiary/aromatic N) is 4. The van der Waals surface area contributed by atoms with Crippen LogP contribution < -0.4 is 10.6 Å². The molecule has 13 heteroatoms. The maximum Gasteiger partial charge on any atom is 0.416 e. The maximum absolute atomic E-state index is 13.2. The molecule has 1 atom stereocenters. The van der Waals surface area contributed by atoms with E-state index in [9.17, 15) is 26.4 Å². The van der Waals surface area contributed by atoms with E-state index >= 15 is 0 Å². The van der Waals surface area contributed by atoms with Gasteiger partial charge in [0.2, 0.25) is 5.91 Å². The van der Waals surface area contributed by atoms with Gasteiger partial charge in [0.15, 0.2) is 5.65 Å². The molecule has 1 saturated heterocycles. The Labute approximate surface area is 229 Å². The first-order valence-electron chi connectivity index (χ1n) is 12.6. The average molecular weight is 573 g/mol. The lowest BCUT2D eigenvalue weighted by Gasteiger charge is -2.33. The van der Waals surface area contributed by atoms with Gasteiger partial charge in [-0.1, -0.05) is 23.8 Å². The van der Waals surface area contributed by atoms with Crippen LogP contribution in [-0.4, -0.2) is 58.8 Å². The fourth-order valence-electron chi connectivity index (χ4n) is 4.67. The molecule has 1 fully saturated rings. The van der Waals surface area contributed by atoms with Gasteiger partial charge in [-0.2, -0.15) is 13.2 Å². The van der Waals surface area contributed by atoms with Crippen molar-refractivity contribution in [3.05, 3.63) is 78.2 Å². The Balaban J connectivity index is 1.27. The minimum atomic E-state index is -4.47. The first-order valence-corrected chi connectivity index (χ1v) is 14.1. The second kappa shape index (κ2) is 10.8.